The molecule has 3 rings (SSSR count). The Morgan fingerprint density at radius 2 is 2.05 bits per heavy atom. The van der Waals surface area contributed by atoms with Gasteiger partial charge in [0.05, 0.1) is 17.4 Å². The molecule has 1 amide bonds. The first-order valence-corrected chi connectivity index (χ1v) is 5.71. The summed E-state index contributed by atoms with van der Waals surface area (Å²) in [4.78, 5) is 18.3. The van der Waals surface area contributed by atoms with Crippen molar-refractivity contribution in [2.75, 3.05) is 0 Å². The Labute approximate surface area is 108 Å². The predicted octanol–water partition coefficient (Wildman–Crippen LogP) is 2.03. The van der Waals surface area contributed by atoms with Gasteiger partial charge < -0.3 is 15.8 Å². The van der Waals surface area contributed by atoms with Crippen LogP contribution in [0.15, 0.2) is 42.7 Å². The number of rotatable bonds is 2. The number of phenols is 1. The zero-order valence-corrected chi connectivity index (χ0v) is 9.92. The van der Waals surface area contributed by atoms with Gasteiger partial charge in [0.1, 0.15) is 5.75 Å². The van der Waals surface area contributed by atoms with E-state index in [1.165, 1.54) is 12.1 Å². The van der Waals surface area contributed by atoms with Crippen LogP contribution in [0.25, 0.3) is 22.2 Å². The number of primary amides is 1. The summed E-state index contributed by atoms with van der Waals surface area (Å²) in [5.74, 6) is -0.429. The molecule has 1 heterocycles. The van der Waals surface area contributed by atoms with Gasteiger partial charge in [0, 0.05) is 11.1 Å². The quantitative estimate of drug-likeness (QED) is 0.652. The van der Waals surface area contributed by atoms with E-state index in [0.717, 1.165) is 16.6 Å². The Morgan fingerprint density at radius 3 is 2.84 bits per heavy atom. The number of hydrogen-bond donors (Lipinski definition) is 3. The van der Waals surface area contributed by atoms with Crippen molar-refractivity contribution in [3.05, 3.63) is 48.3 Å². The van der Waals surface area contributed by atoms with Gasteiger partial charge in [-0.05, 0) is 35.9 Å². The number of aromatic amines is 1. The lowest BCUT2D eigenvalue weighted by atomic mass is 10.0. The summed E-state index contributed by atoms with van der Waals surface area (Å²) >= 11 is 0. The normalized spacial score (nSPS) is 10.7. The highest BCUT2D eigenvalue weighted by Crippen LogP contribution is 2.31. The monoisotopic (exact) mass is 253 g/mol. The van der Waals surface area contributed by atoms with E-state index < -0.39 is 5.91 Å². The number of aromatic nitrogens is 2. The van der Waals surface area contributed by atoms with Gasteiger partial charge in [-0.15, -0.1) is 0 Å². The summed E-state index contributed by atoms with van der Waals surface area (Å²) in [5.41, 5.74) is 8.64. The largest absolute Gasteiger partial charge is 0.507 e. The van der Waals surface area contributed by atoms with E-state index in [-0.39, 0.29) is 5.75 Å². The molecule has 5 nitrogen and oxygen atoms in total. The maximum Gasteiger partial charge on any atom is 0.248 e. The molecular formula is C14H11N3O2. The SMILES string of the molecule is NC(=O)c1ccc(O)c(-c2ccc3[nH]cnc3c2)c1. The van der Waals surface area contributed by atoms with Crippen LogP contribution < -0.4 is 5.73 Å². The topological polar surface area (TPSA) is 92.0 Å². The fraction of sp³-hybridized carbons (Fsp3) is 0. The maximum absolute atomic E-state index is 11.2. The third-order valence-corrected chi connectivity index (χ3v) is 3.01. The first-order valence-electron chi connectivity index (χ1n) is 5.71. The van der Waals surface area contributed by atoms with Gasteiger partial charge in [0.2, 0.25) is 5.91 Å². The molecule has 0 bridgehead atoms. The first kappa shape index (κ1) is 11.3. The van der Waals surface area contributed by atoms with Crippen LogP contribution in [0.5, 0.6) is 5.75 Å². The Kier molecular flexibility index (Phi) is 2.45. The van der Waals surface area contributed by atoms with Crippen LogP contribution in [0.3, 0.4) is 0 Å². The van der Waals surface area contributed by atoms with Gasteiger partial charge in [-0.3, -0.25) is 4.79 Å². The van der Waals surface area contributed by atoms with E-state index in [4.69, 9.17) is 5.73 Å². The summed E-state index contributed by atoms with van der Waals surface area (Å²) in [5, 5.41) is 9.91. The Balaban J connectivity index is 2.19. The summed E-state index contributed by atoms with van der Waals surface area (Å²) in [6, 6.07) is 10.1. The lowest BCUT2D eigenvalue weighted by Gasteiger charge is -2.06. The van der Waals surface area contributed by atoms with Crippen LogP contribution in [0.4, 0.5) is 0 Å². The minimum Gasteiger partial charge on any atom is -0.507 e. The van der Waals surface area contributed by atoms with E-state index >= 15 is 0 Å². The number of H-pyrrole nitrogens is 1. The highest BCUT2D eigenvalue weighted by molar-refractivity contribution is 5.95. The molecule has 0 atom stereocenters. The van der Waals surface area contributed by atoms with Crippen molar-refractivity contribution in [2.45, 2.75) is 0 Å². The van der Waals surface area contributed by atoms with Crippen LogP contribution in [-0.2, 0) is 0 Å². The van der Waals surface area contributed by atoms with Gasteiger partial charge in [-0.2, -0.15) is 0 Å². The molecule has 0 unspecified atom stereocenters. The average Bonchev–Trinajstić information content (AvgIpc) is 2.86. The van der Waals surface area contributed by atoms with E-state index in [1.54, 1.807) is 12.4 Å². The fourth-order valence-electron chi connectivity index (χ4n) is 2.02. The van der Waals surface area contributed by atoms with Crippen LogP contribution in [0, 0.1) is 0 Å². The lowest BCUT2D eigenvalue weighted by Crippen LogP contribution is -2.10. The summed E-state index contributed by atoms with van der Waals surface area (Å²) < 4.78 is 0. The van der Waals surface area contributed by atoms with E-state index in [0.29, 0.717) is 11.1 Å². The number of nitrogens with one attached hydrogen (secondary N) is 1. The number of hydrogen-bond acceptors (Lipinski definition) is 3. The summed E-state index contributed by atoms with van der Waals surface area (Å²) in [7, 11) is 0. The highest BCUT2D eigenvalue weighted by Gasteiger charge is 2.09. The molecule has 0 fully saturated rings. The molecule has 4 N–H and O–H groups in total. The average molecular weight is 253 g/mol. The molecule has 1 aromatic heterocycles. The molecule has 0 aliphatic rings. The number of nitrogens with zero attached hydrogens (tertiary/aromatic N) is 1. The predicted molar refractivity (Wildman–Crippen MR) is 71.7 cm³/mol. The Morgan fingerprint density at radius 1 is 1.21 bits per heavy atom. The van der Waals surface area contributed by atoms with Crippen molar-refractivity contribution in [1.29, 1.82) is 0 Å². The first-order chi connectivity index (χ1) is 9.15. The van der Waals surface area contributed by atoms with E-state index in [2.05, 4.69) is 9.97 Å². The standard InChI is InChI=1S/C14H11N3O2/c15-14(19)9-2-4-13(18)10(5-9)8-1-3-11-12(6-8)17-7-16-11/h1-7,18H,(H2,15,19)(H,16,17). The third-order valence-electron chi connectivity index (χ3n) is 3.01. The second-order valence-corrected chi connectivity index (χ2v) is 4.23. The zero-order valence-electron chi connectivity index (χ0n) is 9.92. The molecule has 2 aromatic carbocycles. The van der Waals surface area contributed by atoms with Gasteiger partial charge in [0.15, 0.2) is 0 Å². The molecule has 3 aromatic rings. The number of imidazole rings is 1. The molecule has 0 spiro atoms. The minimum atomic E-state index is -0.526. The van der Waals surface area contributed by atoms with E-state index in [9.17, 15) is 9.90 Å². The van der Waals surface area contributed by atoms with E-state index in [1.807, 2.05) is 18.2 Å². The second-order valence-electron chi connectivity index (χ2n) is 4.23. The van der Waals surface area contributed by atoms with Gasteiger partial charge >= 0.3 is 0 Å². The molecule has 0 aliphatic heterocycles. The molecule has 0 aliphatic carbocycles. The summed E-state index contributed by atoms with van der Waals surface area (Å²) in [6.07, 6.45) is 1.61. The number of nitrogens with two attached hydrogens (primary N) is 1. The zero-order chi connectivity index (χ0) is 13.4. The highest BCUT2D eigenvalue weighted by atomic mass is 16.3. The number of fused-ring (bicyclic) bond motifs is 1. The minimum absolute atomic E-state index is 0.0971. The van der Waals surface area contributed by atoms with Crippen molar-refractivity contribution in [2.24, 2.45) is 5.73 Å². The number of carbonyl (C=O) groups is 1. The van der Waals surface area contributed by atoms with Crippen LogP contribution in [-0.4, -0.2) is 21.0 Å². The fourth-order valence-corrected chi connectivity index (χ4v) is 2.02. The number of aromatic hydroxyl groups is 1. The second kappa shape index (κ2) is 4.13. The maximum atomic E-state index is 11.2. The van der Waals surface area contributed by atoms with Crippen molar-refractivity contribution < 1.29 is 9.90 Å². The molecule has 0 saturated heterocycles. The number of amides is 1. The lowest BCUT2D eigenvalue weighted by molar-refractivity contribution is 0.100. The Hall–Kier alpha value is -2.82. The van der Waals surface area contributed by atoms with Gasteiger partial charge in [-0.1, -0.05) is 6.07 Å². The molecular weight excluding hydrogens is 242 g/mol. The third kappa shape index (κ3) is 1.91. The molecule has 19 heavy (non-hydrogen) atoms. The van der Waals surface area contributed by atoms with Gasteiger partial charge in [0.25, 0.3) is 0 Å². The number of phenolic OH excluding ortho intramolecular Hbond substituents is 1. The van der Waals surface area contributed by atoms with Crippen molar-refractivity contribution in [1.82, 2.24) is 9.97 Å². The molecule has 94 valence electrons. The number of carbonyl (C=O) groups excluding carboxylic acids is 1. The number of benzene rings is 2. The van der Waals surface area contributed by atoms with Gasteiger partial charge in [-0.25, -0.2) is 4.98 Å². The van der Waals surface area contributed by atoms with Crippen LogP contribution in [0.1, 0.15) is 10.4 Å². The summed E-state index contributed by atoms with van der Waals surface area (Å²) in [6.45, 7) is 0. The van der Waals surface area contributed by atoms with Crippen molar-refractivity contribution >= 4 is 16.9 Å². The Bertz CT molecular complexity index is 777. The van der Waals surface area contributed by atoms with Crippen molar-refractivity contribution in [3.8, 4) is 16.9 Å². The van der Waals surface area contributed by atoms with Crippen LogP contribution in [0.2, 0.25) is 0 Å². The van der Waals surface area contributed by atoms with Crippen LogP contribution >= 0.6 is 0 Å². The smallest absolute Gasteiger partial charge is 0.248 e. The molecule has 5 heteroatoms. The molecule has 0 radical (unpaired) electrons. The molecule has 0 saturated carbocycles. The van der Waals surface area contributed by atoms with Crippen molar-refractivity contribution in [3.63, 3.8) is 0 Å².